The number of hydrogen-bond acceptors (Lipinski definition) is 1. The van der Waals surface area contributed by atoms with E-state index in [0.29, 0.717) is 0 Å². The number of aryl methyl sites for hydroxylation is 3. The highest BCUT2D eigenvalue weighted by Gasteiger charge is 2.04. The molecule has 82 valence electrons. The minimum Gasteiger partial charge on any atom is -0.399 e. The summed E-state index contributed by atoms with van der Waals surface area (Å²) in [6.07, 6.45) is 0. The van der Waals surface area contributed by atoms with Crippen LogP contribution in [0.25, 0.3) is 11.1 Å². The maximum absolute atomic E-state index is 5.70. The van der Waals surface area contributed by atoms with Gasteiger partial charge in [0.25, 0.3) is 0 Å². The largest absolute Gasteiger partial charge is 0.399 e. The van der Waals surface area contributed by atoms with Crippen LogP contribution in [-0.2, 0) is 0 Å². The standard InChI is InChI=1S/C15H17N/c1-10-8-12(3)15(9-11(10)2)13-4-6-14(16)7-5-13/h4-9H,16H2,1-3H3. The maximum Gasteiger partial charge on any atom is 0.0314 e. The van der Waals surface area contributed by atoms with Crippen molar-refractivity contribution < 1.29 is 0 Å². The Morgan fingerprint density at radius 3 is 1.94 bits per heavy atom. The Kier molecular flexibility index (Phi) is 2.69. The Balaban J connectivity index is 2.56. The summed E-state index contributed by atoms with van der Waals surface area (Å²) in [6, 6.07) is 12.5. The SMILES string of the molecule is Cc1cc(C)c(-c2ccc(N)cc2)cc1C. The Hall–Kier alpha value is -1.76. The minimum atomic E-state index is 0.810. The molecule has 0 amide bonds. The highest BCUT2D eigenvalue weighted by molar-refractivity contribution is 5.70. The van der Waals surface area contributed by atoms with Crippen molar-refractivity contribution >= 4 is 5.69 Å². The van der Waals surface area contributed by atoms with Crippen LogP contribution in [0.5, 0.6) is 0 Å². The highest BCUT2D eigenvalue weighted by Crippen LogP contribution is 2.26. The summed E-state index contributed by atoms with van der Waals surface area (Å²) in [5.41, 5.74) is 13.0. The molecular weight excluding hydrogens is 194 g/mol. The Morgan fingerprint density at radius 1 is 0.750 bits per heavy atom. The molecule has 0 saturated carbocycles. The first-order valence-electron chi connectivity index (χ1n) is 5.51. The monoisotopic (exact) mass is 211 g/mol. The van der Waals surface area contributed by atoms with E-state index in [4.69, 9.17) is 5.73 Å². The van der Waals surface area contributed by atoms with Crippen molar-refractivity contribution in [1.82, 2.24) is 0 Å². The van der Waals surface area contributed by atoms with Gasteiger partial charge in [-0.3, -0.25) is 0 Å². The van der Waals surface area contributed by atoms with Crippen molar-refractivity contribution in [3.8, 4) is 11.1 Å². The van der Waals surface area contributed by atoms with Crippen LogP contribution in [0.15, 0.2) is 36.4 Å². The lowest BCUT2D eigenvalue weighted by Gasteiger charge is -2.10. The van der Waals surface area contributed by atoms with Gasteiger partial charge >= 0.3 is 0 Å². The van der Waals surface area contributed by atoms with Gasteiger partial charge in [-0.05, 0) is 60.7 Å². The van der Waals surface area contributed by atoms with Crippen LogP contribution in [0.1, 0.15) is 16.7 Å². The number of nitrogens with two attached hydrogens (primary N) is 1. The van der Waals surface area contributed by atoms with Crippen molar-refractivity contribution in [1.29, 1.82) is 0 Å². The molecule has 0 fully saturated rings. The lowest BCUT2D eigenvalue weighted by molar-refractivity contribution is 1.30. The summed E-state index contributed by atoms with van der Waals surface area (Å²) in [5, 5.41) is 0. The zero-order valence-corrected chi connectivity index (χ0v) is 10.0. The summed E-state index contributed by atoms with van der Waals surface area (Å²) in [5.74, 6) is 0. The molecule has 0 aliphatic carbocycles. The average Bonchev–Trinajstić information content (AvgIpc) is 2.25. The number of anilines is 1. The fourth-order valence-corrected chi connectivity index (χ4v) is 1.93. The lowest BCUT2D eigenvalue weighted by atomic mass is 9.95. The molecule has 0 atom stereocenters. The van der Waals surface area contributed by atoms with Gasteiger partial charge in [-0.1, -0.05) is 24.3 Å². The second-order valence-electron chi connectivity index (χ2n) is 4.37. The number of benzene rings is 2. The zero-order chi connectivity index (χ0) is 11.7. The van der Waals surface area contributed by atoms with Crippen molar-refractivity contribution in [3.05, 3.63) is 53.1 Å². The summed E-state index contributed by atoms with van der Waals surface area (Å²) < 4.78 is 0. The molecule has 0 unspecified atom stereocenters. The molecule has 16 heavy (non-hydrogen) atoms. The van der Waals surface area contributed by atoms with E-state index in [1.165, 1.54) is 27.8 Å². The highest BCUT2D eigenvalue weighted by atomic mass is 14.5. The molecule has 0 aromatic heterocycles. The molecule has 2 N–H and O–H groups in total. The molecule has 0 heterocycles. The summed E-state index contributed by atoms with van der Waals surface area (Å²) >= 11 is 0. The summed E-state index contributed by atoms with van der Waals surface area (Å²) in [6.45, 7) is 6.45. The van der Waals surface area contributed by atoms with Gasteiger partial charge in [0.05, 0.1) is 0 Å². The maximum atomic E-state index is 5.70. The van der Waals surface area contributed by atoms with Crippen LogP contribution in [0.2, 0.25) is 0 Å². The van der Waals surface area contributed by atoms with Crippen molar-refractivity contribution in [3.63, 3.8) is 0 Å². The fourth-order valence-electron chi connectivity index (χ4n) is 1.93. The topological polar surface area (TPSA) is 26.0 Å². The van der Waals surface area contributed by atoms with E-state index in [9.17, 15) is 0 Å². The first kappa shape index (κ1) is 10.7. The van der Waals surface area contributed by atoms with E-state index in [1.807, 2.05) is 12.1 Å². The molecule has 2 aromatic carbocycles. The van der Waals surface area contributed by atoms with E-state index in [2.05, 4.69) is 45.0 Å². The predicted octanol–water partition coefficient (Wildman–Crippen LogP) is 3.86. The van der Waals surface area contributed by atoms with E-state index in [-0.39, 0.29) is 0 Å². The smallest absolute Gasteiger partial charge is 0.0314 e. The van der Waals surface area contributed by atoms with E-state index in [1.54, 1.807) is 0 Å². The van der Waals surface area contributed by atoms with Crippen LogP contribution in [0.4, 0.5) is 5.69 Å². The van der Waals surface area contributed by atoms with E-state index in [0.717, 1.165) is 5.69 Å². The zero-order valence-electron chi connectivity index (χ0n) is 10.0. The van der Waals surface area contributed by atoms with Gasteiger partial charge in [-0.25, -0.2) is 0 Å². The molecular formula is C15H17N. The van der Waals surface area contributed by atoms with Crippen LogP contribution in [-0.4, -0.2) is 0 Å². The first-order chi connectivity index (χ1) is 7.58. The number of nitrogen functional groups attached to an aromatic ring is 1. The van der Waals surface area contributed by atoms with Gasteiger partial charge < -0.3 is 5.73 Å². The second-order valence-corrected chi connectivity index (χ2v) is 4.37. The number of rotatable bonds is 1. The molecule has 0 aliphatic rings. The van der Waals surface area contributed by atoms with Gasteiger partial charge in [0, 0.05) is 5.69 Å². The Morgan fingerprint density at radius 2 is 1.31 bits per heavy atom. The van der Waals surface area contributed by atoms with Crippen LogP contribution in [0.3, 0.4) is 0 Å². The van der Waals surface area contributed by atoms with Gasteiger partial charge in [0.2, 0.25) is 0 Å². The van der Waals surface area contributed by atoms with Crippen LogP contribution in [0, 0.1) is 20.8 Å². The van der Waals surface area contributed by atoms with Gasteiger partial charge in [-0.15, -0.1) is 0 Å². The number of hydrogen-bond donors (Lipinski definition) is 1. The second kappa shape index (κ2) is 4.01. The van der Waals surface area contributed by atoms with Gasteiger partial charge in [0.1, 0.15) is 0 Å². The molecule has 0 radical (unpaired) electrons. The van der Waals surface area contributed by atoms with E-state index < -0.39 is 0 Å². The third-order valence-corrected chi connectivity index (χ3v) is 3.06. The predicted molar refractivity (Wildman–Crippen MR) is 70.5 cm³/mol. The summed E-state index contributed by atoms with van der Waals surface area (Å²) in [7, 11) is 0. The fraction of sp³-hybridized carbons (Fsp3) is 0.200. The summed E-state index contributed by atoms with van der Waals surface area (Å²) in [4.78, 5) is 0. The van der Waals surface area contributed by atoms with Gasteiger partial charge in [0.15, 0.2) is 0 Å². The van der Waals surface area contributed by atoms with E-state index >= 15 is 0 Å². The normalized spacial score (nSPS) is 10.4. The molecule has 1 heteroatoms. The molecule has 2 aromatic rings. The van der Waals surface area contributed by atoms with Crippen molar-refractivity contribution in [2.45, 2.75) is 20.8 Å². The Labute approximate surface area is 96.9 Å². The first-order valence-corrected chi connectivity index (χ1v) is 5.51. The molecule has 0 spiro atoms. The molecule has 0 saturated heterocycles. The molecule has 0 aliphatic heterocycles. The quantitative estimate of drug-likeness (QED) is 0.712. The molecule has 2 rings (SSSR count). The van der Waals surface area contributed by atoms with Crippen molar-refractivity contribution in [2.24, 2.45) is 0 Å². The molecule has 0 bridgehead atoms. The van der Waals surface area contributed by atoms with Crippen molar-refractivity contribution in [2.75, 3.05) is 5.73 Å². The van der Waals surface area contributed by atoms with Crippen LogP contribution >= 0.6 is 0 Å². The molecule has 1 nitrogen and oxygen atoms in total. The average molecular weight is 211 g/mol. The Bertz CT molecular complexity index is 510. The van der Waals surface area contributed by atoms with Crippen LogP contribution < -0.4 is 5.73 Å². The third kappa shape index (κ3) is 1.94. The lowest BCUT2D eigenvalue weighted by Crippen LogP contribution is -1.89. The third-order valence-electron chi connectivity index (χ3n) is 3.06. The van der Waals surface area contributed by atoms with Gasteiger partial charge in [-0.2, -0.15) is 0 Å². The minimum absolute atomic E-state index is 0.810.